The Balaban J connectivity index is 0.00000104. The zero-order valence-electron chi connectivity index (χ0n) is 15.2. The first-order chi connectivity index (χ1) is 12.1. The maximum atomic E-state index is 11.9. The summed E-state index contributed by atoms with van der Waals surface area (Å²) in [6.45, 7) is 7.83. The number of hydrogen-bond donors (Lipinski definition) is 0. The van der Waals surface area contributed by atoms with Crippen molar-refractivity contribution >= 4 is 35.2 Å². The number of carbonyl (C=O) groups is 2. The fourth-order valence-electron chi connectivity index (χ4n) is 1.66. The van der Waals surface area contributed by atoms with Gasteiger partial charge in [-0.25, -0.2) is 9.78 Å². The molecule has 0 fully saturated rings. The van der Waals surface area contributed by atoms with Crippen LogP contribution in [0.2, 0.25) is 5.02 Å². The van der Waals surface area contributed by atoms with Gasteiger partial charge in [-0.2, -0.15) is 0 Å². The zero-order valence-corrected chi connectivity index (χ0v) is 16.7. The van der Waals surface area contributed by atoms with E-state index < -0.39 is 0 Å². The van der Waals surface area contributed by atoms with Gasteiger partial charge in [-0.1, -0.05) is 37.6 Å². The molecule has 2 aromatic rings. The molecule has 7 heteroatoms. The molecule has 0 aliphatic heterocycles. The number of aldehydes is 1. The number of esters is 1. The van der Waals surface area contributed by atoms with E-state index in [1.807, 2.05) is 26.0 Å². The number of rotatable bonds is 5. The van der Waals surface area contributed by atoms with Crippen LogP contribution < -0.4 is 0 Å². The van der Waals surface area contributed by atoms with Gasteiger partial charge in [0.2, 0.25) is 0 Å². The highest BCUT2D eigenvalue weighted by atomic mass is 35.5. The first-order valence-electron chi connectivity index (χ1n) is 7.88. The third kappa shape index (κ3) is 7.77. The van der Waals surface area contributed by atoms with E-state index in [2.05, 4.69) is 4.98 Å². The van der Waals surface area contributed by atoms with Crippen LogP contribution >= 0.6 is 22.9 Å². The second kappa shape index (κ2) is 13.5. The summed E-state index contributed by atoms with van der Waals surface area (Å²) in [7, 11) is 1.57. The van der Waals surface area contributed by atoms with Crippen molar-refractivity contribution in [1.29, 1.82) is 0 Å². The minimum Gasteiger partial charge on any atom is -0.462 e. The van der Waals surface area contributed by atoms with Crippen LogP contribution in [0.15, 0.2) is 24.3 Å². The molecule has 0 saturated heterocycles. The van der Waals surface area contributed by atoms with E-state index in [9.17, 15) is 4.79 Å². The van der Waals surface area contributed by atoms with Gasteiger partial charge in [-0.05, 0) is 26.0 Å². The lowest BCUT2D eigenvalue weighted by molar-refractivity contribution is -0.106. The number of halogens is 1. The predicted molar refractivity (Wildman–Crippen MR) is 102 cm³/mol. The van der Waals surface area contributed by atoms with Crippen LogP contribution in [0.1, 0.15) is 43.1 Å². The standard InChI is InChI=1S/C14H14ClNO3S.C2H4O.C2H6/c1-3-19-14(17)12-11(8-18-2)16-13(20-12)9-4-6-10(15)7-5-9;1-2-3;1-2/h4-7H,3,8H2,1-2H3;2H,1H3;1-2H3. The molecule has 2 rings (SSSR count). The molecule has 1 aromatic heterocycles. The molecule has 0 aliphatic carbocycles. The Morgan fingerprint density at radius 3 is 2.32 bits per heavy atom. The fraction of sp³-hybridized carbons (Fsp3) is 0.389. The van der Waals surface area contributed by atoms with Crippen molar-refractivity contribution in [1.82, 2.24) is 4.98 Å². The van der Waals surface area contributed by atoms with E-state index in [0.29, 0.717) is 22.2 Å². The Morgan fingerprint density at radius 1 is 1.28 bits per heavy atom. The lowest BCUT2D eigenvalue weighted by atomic mass is 10.2. The third-order valence-corrected chi connectivity index (χ3v) is 3.91. The summed E-state index contributed by atoms with van der Waals surface area (Å²) in [5, 5.41) is 1.41. The molecule has 0 aliphatic rings. The Labute approximate surface area is 157 Å². The molecule has 0 unspecified atom stereocenters. The second-order valence-corrected chi connectivity index (χ2v) is 5.63. The van der Waals surface area contributed by atoms with Gasteiger partial charge in [0.05, 0.1) is 18.9 Å². The lowest BCUT2D eigenvalue weighted by Crippen LogP contribution is -2.06. The summed E-state index contributed by atoms with van der Waals surface area (Å²) in [4.78, 5) is 25.7. The van der Waals surface area contributed by atoms with Crippen LogP contribution in [0, 0.1) is 0 Å². The van der Waals surface area contributed by atoms with Crippen molar-refractivity contribution < 1.29 is 19.1 Å². The van der Waals surface area contributed by atoms with E-state index >= 15 is 0 Å². The SMILES string of the molecule is CC.CC=O.CCOC(=O)c1sc(-c2ccc(Cl)cc2)nc1COC. The highest BCUT2D eigenvalue weighted by Gasteiger charge is 2.19. The van der Waals surface area contributed by atoms with Crippen LogP contribution in [0.25, 0.3) is 10.6 Å². The average molecular weight is 386 g/mol. The summed E-state index contributed by atoms with van der Waals surface area (Å²) in [5.41, 5.74) is 1.51. The van der Waals surface area contributed by atoms with Gasteiger partial charge in [0.1, 0.15) is 16.2 Å². The van der Waals surface area contributed by atoms with Crippen molar-refractivity contribution in [2.75, 3.05) is 13.7 Å². The number of thiazole rings is 1. The van der Waals surface area contributed by atoms with Crippen LogP contribution in [0.5, 0.6) is 0 Å². The van der Waals surface area contributed by atoms with Gasteiger partial charge in [-0.3, -0.25) is 0 Å². The maximum Gasteiger partial charge on any atom is 0.350 e. The summed E-state index contributed by atoms with van der Waals surface area (Å²) in [6, 6.07) is 7.32. The van der Waals surface area contributed by atoms with Crippen LogP contribution in [0.4, 0.5) is 0 Å². The Bertz CT molecular complexity index is 641. The van der Waals surface area contributed by atoms with Crippen molar-refractivity contribution in [3.8, 4) is 10.6 Å². The van der Waals surface area contributed by atoms with Gasteiger partial charge < -0.3 is 14.3 Å². The molecule has 1 aromatic carbocycles. The number of nitrogens with zero attached hydrogens (tertiary/aromatic N) is 1. The summed E-state index contributed by atoms with van der Waals surface area (Å²) in [6.07, 6.45) is 0.750. The predicted octanol–water partition coefficient (Wildman–Crippen LogP) is 5.02. The fourth-order valence-corrected chi connectivity index (χ4v) is 2.75. The number of benzene rings is 1. The summed E-state index contributed by atoms with van der Waals surface area (Å²) >= 11 is 7.16. The Kier molecular flexibility index (Phi) is 12.6. The van der Waals surface area contributed by atoms with E-state index in [0.717, 1.165) is 16.9 Å². The molecule has 25 heavy (non-hydrogen) atoms. The maximum absolute atomic E-state index is 11.9. The third-order valence-electron chi connectivity index (χ3n) is 2.53. The smallest absolute Gasteiger partial charge is 0.350 e. The molecule has 0 spiro atoms. The molecule has 1 heterocycles. The first-order valence-corrected chi connectivity index (χ1v) is 9.08. The summed E-state index contributed by atoms with van der Waals surface area (Å²) < 4.78 is 10.1. The molecule has 0 radical (unpaired) electrons. The normalized spacial score (nSPS) is 9.20. The van der Waals surface area contributed by atoms with E-state index in [1.165, 1.54) is 18.3 Å². The average Bonchev–Trinajstić information content (AvgIpc) is 3.03. The number of aromatic nitrogens is 1. The Hall–Kier alpha value is -1.76. The van der Waals surface area contributed by atoms with Crippen molar-refractivity contribution in [2.24, 2.45) is 0 Å². The van der Waals surface area contributed by atoms with Crippen molar-refractivity contribution in [2.45, 2.75) is 34.3 Å². The van der Waals surface area contributed by atoms with Crippen LogP contribution in [0.3, 0.4) is 0 Å². The van der Waals surface area contributed by atoms with Gasteiger partial charge >= 0.3 is 5.97 Å². The molecule has 138 valence electrons. The van der Waals surface area contributed by atoms with E-state index in [4.69, 9.17) is 25.9 Å². The molecule has 0 bridgehead atoms. The van der Waals surface area contributed by atoms with E-state index in [1.54, 1.807) is 26.2 Å². The zero-order chi connectivity index (χ0) is 19.2. The minimum atomic E-state index is -0.364. The van der Waals surface area contributed by atoms with Gasteiger partial charge in [0.15, 0.2) is 0 Å². The van der Waals surface area contributed by atoms with Crippen molar-refractivity contribution in [3.63, 3.8) is 0 Å². The van der Waals surface area contributed by atoms with Gasteiger partial charge in [-0.15, -0.1) is 11.3 Å². The molecule has 0 N–H and O–H groups in total. The molecule has 0 atom stereocenters. The number of hydrogen-bond acceptors (Lipinski definition) is 6. The molecular formula is C18H24ClNO4S. The highest BCUT2D eigenvalue weighted by molar-refractivity contribution is 7.17. The van der Waals surface area contributed by atoms with Crippen LogP contribution in [-0.2, 0) is 20.9 Å². The molecule has 0 amide bonds. The van der Waals surface area contributed by atoms with Crippen molar-refractivity contribution in [3.05, 3.63) is 39.9 Å². The molecular weight excluding hydrogens is 362 g/mol. The number of carbonyl (C=O) groups excluding carboxylic acids is 2. The second-order valence-electron chi connectivity index (χ2n) is 4.19. The lowest BCUT2D eigenvalue weighted by Gasteiger charge is -2.00. The minimum absolute atomic E-state index is 0.276. The largest absolute Gasteiger partial charge is 0.462 e. The Morgan fingerprint density at radius 2 is 1.84 bits per heavy atom. The molecule has 0 saturated carbocycles. The monoisotopic (exact) mass is 385 g/mol. The highest BCUT2D eigenvalue weighted by Crippen LogP contribution is 2.30. The summed E-state index contributed by atoms with van der Waals surface area (Å²) in [5.74, 6) is -0.364. The molecule has 5 nitrogen and oxygen atoms in total. The number of methoxy groups -OCH3 is 1. The van der Waals surface area contributed by atoms with Gasteiger partial charge in [0.25, 0.3) is 0 Å². The van der Waals surface area contributed by atoms with E-state index in [-0.39, 0.29) is 12.6 Å². The van der Waals surface area contributed by atoms with Gasteiger partial charge in [0, 0.05) is 17.7 Å². The topological polar surface area (TPSA) is 65.5 Å². The number of ether oxygens (including phenoxy) is 2. The quantitative estimate of drug-likeness (QED) is 0.534. The van der Waals surface area contributed by atoms with Crippen LogP contribution in [-0.4, -0.2) is 31.0 Å². The first kappa shape index (κ1) is 23.2.